The lowest BCUT2D eigenvalue weighted by molar-refractivity contribution is -0.141. The van der Waals surface area contributed by atoms with Crippen LogP contribution in [0, 0.1) is 0 Å². The molecule has 1 aromatic rings. The first-order chi connectivity index (χ1) is 6.65. The van der Waals surface area contributed by atoms with Crippen molar-refractivity contribution in [3.63, 3.8) is 0 Å². The van der Waals surface area contributed by atoms with Gasteiger partial charge in [-0.15, -0.1) is 10.2 Å². The number of hydrogen-bond acceptors (Lipinski definition) is 6. The Bertz CT molecular complexity index is 314. The Balaban J connectivity index is 2.41. The quantitative estimate of drug-likeness (QED) is 0.535. The number of nitrogens with zero attached hydrogens (tertiary/aromatic N) is 3. The molecule has 1 rings (SSSR count). The summed E-state index contributed by atoms with van der Waals surface area (Å²) in [4.78, 5) is 11.0. The number of nitrogens with two attached hydrogens (primary N) is 1. The van der Waals surface area contributed by atoms with Crippen LogP contribution < -0.4 is 5.73 Å². The normalized spacial score (nSPS) is 12.5. The highest BCUT2D eigenvalue weighted by atomic mass is 32.2. The topological polar surface area (TPSA) is 83.0 Å². The summed E-state index contributed by atoms with van der Waals surface area (Å²) < 4.78 is 6.25. The van der Waals surface area contributed by atoms with E-state index in [1.54, 1.807) is 10.9 Å². The van der Waals surface area contributed by atoms with Crippen LogP contribution in [-0.2, 0) is 16.6 Å². The minimum atomic E-state index is -0.623. The molecule has 78 valence electrons. The van der Waals surface area contributed by atoms with Crippen LogP contribution in [-0.4, -0.2) is 39.6 Å². The summed E-state index contributed by atoms with van der Waals surface area (Å²) >= 11 is 1.37. The molecule has 2 N–H and O–H groups in total. The van der Waals surface area contributed by atoms with E-state index in [0.29, 0.717) is 5.75 Å². The predicted octanol–water partition coefficient (Wildman–Crippen LogP) is -0.593. The van der Waals surface area contributed by atoms with Gasteiger partial charge in [-0.3, -0.25) is 4.79 Å². The zero-order chi connectivity index (χ0) is 10.6. The summed E-state index contributed by atoms with van der Waals surface area (Å²) in [5.41, 5.74) is 5.54. The van der Waals surface area contributed by atoms with Crippen LogP contribution in [0.1, 0.15) is 0 Å². The van der Waals surface area contributed by atoms with Crippen LogP contribution in [0.3, 0.4) is 0 Å². The number of methoxy groups -OCH3 is 1. The molecule has 0 unspecified atom stereocenters. The number of esters is 1. The molecular formula is C7H12N4O2S. The third-order valence-electron chi connectivity index (χ3n) is 1.57. The fourth-order valence-corrected chi connectivity index (χ4v) is 1.61. The van der Waals surface area contributed by atoms with Crippen LogP contribution in [0.5, 0.6) is 0 Å². The molecule has 14 heavy (non-hydrogen) atoms. The van der Waals surface area contributed by atoms with Crippen LogP contribution >= 0.6 is 11.8 Å². The summed E-state index contributed by atoms with van der Waals surface area (Å²) in [6, 6.07) is -0.623. The Hall–Kier alpha value is -1.08. The average Bonchev–Trinajstić information content (AvgIpc) is 2.59. The van der Waals surface area contributed by atoms with Crippen LogP contribution in [0.4, 0.5) is 0 Å². The molecule has 0 bridgehead atoms. The van der Waals surface area contributed by atoms with Gasteiger partial charge >= 0.3 is 5.97 Å². The number of ether oxygens (including phenoxy) is 1. The first kappa shape index (κ1) is 11.0. The van der Waals surface area contributed by atoms with Gasteiger partial charge < -0.3 is 15.0 Å². The van der Waals surface area contributed by atoms with Crippen LogP contribution in [0.25, 0.3) is 0 Å². The Morgan fingerprint density at radius 1 is 1.86 bits per heavy atom. The lowest BCUT2D eigenvalue weighted by Crippen LogP contribution is -2.33. The van der Waals surface area contributed by atoms with Gasteiger partial charge in [0.15, 0.2) is 5.16 Å². The number of carbonyl (C=O) groups is 1. The van der Waals surface area contributed by atoms with Crippen LogP contribution in [0.2, 0.25) is 0 Å². The zero-order valence-electron chi connectivity index (χ0n) is 8.01. The highest BCUT2D eigenvalue weighted by Crippen LogP contribution is 2.13. The maximum absolute atomic E-state index is 11.0. The van der Waals surface area contributed by atoms with E-state index >= 15 is 0 Å². The molecule has 0 spiro atoms. The van der Waals surface area contributed by atoms with Crippen molar-refractivity contribution in [1.29, 1.82) is 0 Å². The molecule has 0 aliphatic rings. The van der Waals surface area contributed by atoms with Gasteiger partial charge in [-0.1, -0.05) is 11.8 Å². The Morgan fingerprint density at radius 3 is 3.07 bits per heavy atom. The van der Waals surface area contributed by atoms with E-state index in [2.05, 4.69) is 14.9 Å². The molecule has 7 heteroatoms. The molecule has 1 atom stereocenters. The minimum Gasteiger partial charge on any atom is -0.468 e. The summed E-state index contributed by atoms with van der Waals surface area (Å²) in [7, 11) is 3.14. The maximum atomic E-state index is 11.0. The highest BCUT2D eigenvalue weighted by molar-refractivity contribution is 7.99. The molecule has 0 aromatic carbocycles. The maximum Gasteiger partial charge on any atom is 0.323 e. The van der Waals surface area contributed by atoms with E-state index in [1.807, 2.05) is 7.05 Å². The third-order valence-corrected chi connectivity index (χ3v) is 2.72. The van der Waals surface area contributed by atoms with Gasteiger partial charge in [0.1, 0.15) is 12.4 Å². The van der Waals surface area contributed by atoms with Crippen LogP contribution in [0.15, 0.2) is 11.5 Å². The summed E-state index contributed by atoms with van der Waals surface area (Å²) in [6.45, 7) is 0. The second kappa shape index (κ2) is 4.97. The molecule has 0 saturated carbocycles. The molecule has 0 fully saturated rings. The van der Waals surface area contributed by atoms with E-state index in [9.17, 15) is 4.79 Å². The van der Waals surface area contributed by atoms with Gasteiger partial charge in [0.05, 0.1) is 7.11 Å². The van der Waals surface area contributed by atoms with E-state index in [-0.39, 0.29) is 0 Å². The molecule has 0 saturated heterocycles. The van der Waals surface area contributed by atoms with Crippen molar-refractivity contribution in [2.45, 2.75) is 11.2 Å². The molecule has 0 aliphatic heterocycles. The molecule has 0 amide bonds. The van der Waals surface area contributed by atoms with E-state index in [0.717, 1.165) is 5.16 Å². The summed E-state index contributed by atoms with van der Waals surface area (Å²) in [5, 5.41) is 8.27. The number of carbonyl (C=O) groups excluding carboxylic acids is 1. The summed E-state index contributed by atoms with van der Waals surface area (Å²) in [6.07, 6.45) is 1.59. The Labute approximate surface area is 85.8 Å². The predicted molar refractivity (Wildman–Crippen MR) is 51.7 cm³/mol. The van der Waals surface area contributed by atoms with E-state index < -0.39 is 12.0 Å². The first-order valence-electron chi connectivity index (χ1n) is 3.95. The lowest BCUT2D eigenvalue weighted by atomic mass is 10.4. The molecule has 0 aliphatic carbocycles. The van der Waals surface area contributed by atoms with Gasteiger partial charge in [0.2, 0.25) is 0 Å². The fourth-order valence-electron chi connectivity index (χ4n) is 0.787. The van der Waals surface area contributed by atoms with E-state index in [4.69, 9.17) is 5.73 Å². The van der Waals surface area contributed by atoms with Crippen molar-refractivity contribution in [3.8, 4) is 0 Å². The molecule has 1 aromatic heterocycles. The number of thioether (sulfide) groups is 1. The second-order valence-corrected chi connectivity index (χ2v) is 3.65. The SMILES string of the molecule is COC(=O)[C@H](N)CSc1nncn1C. The lowest BCUT2D eigenvalue weighted by Gasteiger charge is -2.07. The van der Waals surface area contributed by atoms with Crippen molar-refractivity contribution in [1.82, 2.24) is 14.8 Å². The molecule has 1 heterocycles. The summed E-state index contributed by atoms with van der Waals surface area (Å²) in [5.74, 6) is 0.0128. The van der Waals surface area contributed by atoms with Crippen molar-refractivity contribution in [2.75, 3.05) is 12.9 Å². The van der Waals surface area contributed by atoms with Gasteiger partial charge in [0.25, 0.3) is 0 Å². The van der Waals surface area contributed by atoms with Gasteiger partial charge in [0, 0.05) is 12.8 Å². The van der Waals surface area contributed by atoms with Gasteiger partial charge in [-0.05, 0) is 0 Å². The average molecular weight is 216 g/mol. The number of rotatable bonds is 4. The highest BCUT2D eigenvalue weighted by Gasteiger charge is 2.15. The number of aryl methyl sites for hydroxylation is 1. The largest absolute Gasteiger partial charge is 0.468 e. The van der Waals surface area contributed by atoms with Gasteiger partial charge in [-0.2, -0.15) is 0 Å². The molecule has 0 radical (unpaired) electrons. The van der Waals surface area contributed by atoms with Crippen molar-refractivity contribution in [3.05, 3.63) is 6.33 Å². The third kappa shape index (κ3) is 2.71. The number of hydrogen-bond donors (Lipinski definition) is 1. The van der Waals surface area contributed by atoms with Crippen molar-refractivity contribution >= 4 is 17.7 Å². The molecule has 6 nitrogen and oxygen atoms in total. The fraction of sp³-hybridized carbons (Fsp3) is 0.571. The zero-order valence-corrected chi connectivity index (χ0v) is 8.82. The minimum absolute atomic E-state index is 0.417. The Kier molecular flexibility index (Phi) is 3.90. The number of aromatic nitrogens is 3. The van der Waals surface area contributed by atoms with E-state index in [1.165, 1.54) is 18.9 Å². The monoisotopic (exact) mass is 216 g/mol. The first-order valence-corrected chi connectivity index (χ1v) is 4.94. The molecular weight excluding hydrogens is 204 g/mol. The second-order valence-electron chi connectivity index (χ2n) is 2.67. The van der Waals surface area contributed by atoms with Crippen molar-refractivity contribution in [2.24, 2.45) is 12.8 Å². The van der Waals surface area contributed by atoms with Gasteiger partial charge in [-0.25, -0.2) is 0 Å². The Morgan fingerprint density at radius 2 is 2.57 bits per heavy atom. The van der Waals surface area contributed by atoms with Crippen molar-refractivity contribution < 1.29 is 9.53 Å². The standard InChI is InChI=1S/C7H12N4O2S/c1-11-4-9-10-7(11)14-3-5(8)6(12)13-2/h4-5H,3,8H2,1-2H3/t5-/m1/s1. The smallest absolute Gasteiger partial charge is 0.323 e.